The summed E-state index contributed by atoms with van der Waals surface area (Å²) in [5, 5.41) is 7.99. The second kappa shape index (κ2) is 6.90. The summed E-state index contributed by atoms with van der Waals surface area (Å²) in [5.74, 6) is 0.939. The zero-order valence-corrected chi connectivity index (χ0v) is 12.8. The van der Waals surface area contributed by atoms with E-state index in [4.69, 9.17) is 0 Å². The SMILES string of the molecule is CNC(CCC1CCCC1)c1ccnn1-c1ccccc1. The van der Waals surface area contributed by atoms with Gasteiger partial charge in [-0.2, -0.15) is 5.10 Å². The third-order valence-corrected chi connectivity index (χ3v) is 4.72. The van der Waals surface area contributed by atoms with E-state index >= 15 is 0 Å². The summed E-state index contributed by atoms with van der Waals surface area (Å²) in [6.45, 7) is 0. The molecule has 3 nitrogen and oxygen atoms in total. The molecule has 3 rings (SSSR count). The summed E-state index contributed by atoms with van der Waals surface area (Å²) in [7, 11) is 2.06. The van der Waals surface area contributed by atoms with Gasteiger partial charge in [0.2, 0.25) is 0 Å². The Bertz CT molecular complexity index is 541. The van der Waals surface area contributed by atoms with E-state index in [1.54, 1.807) is 0 Å². The van der Waals surface area contributed by atoms with Crippen LogP contribution in [0.15, 0.2) is 42.6 Å². The van der Waals surface area contributed by atoms with E-state index < -0.39 is 0 Å². The number of aromatic nitrogens is 2. The highest BCUT2D eigenvalue weighted by Gasteiger charge is 2.20. The molecule has 0 bridgehead atoms. The number of nitrogens with one attached hydrogen (secondary N) is 1. The molecule has 1 heterocycles. The highest BCUT2D eigenvalue weighted by atomic mass is 15.3. The molecule has 1 aromatic heterocycles. The maximum atomic E-state index is 4.51. The molecule has 0 spiro atoms. The van der Waals surface area contributed by atoms with Crippen molar-refractivity contribution >= 4 is 0 Å². The Morgan fingerprint density at radius 2 is 1.95 bits per heavy atom. The molecule has 1 saturated carbocycles. The first-order valence-corrected chi connectivity index (χ1v) is 8.15. The van der Waals surface area contributed by atoms with E-state index in [0.29, 0.717) is 6.04 Å². The van der Waals surface area contributed by atoms with Crippen molar-refractivity contribution in [1.29, 1.82) is 0 Å². The van der Waals surface area contributed by atoms with Gasteiger partial charge in [0.05, 0.1) is 11.4 Å². The van der Waals surface area contributed by atoms with Crippen molar-refractivity contribution in [3.8, 4) is 5.69 Å². The van der Waals surface area contributed by atoms with Gasteiger partial charge in [-0.1, -0.05) is 43.9 Å². The number of para-hydroxylation sites is 1. The van der Waals surface area contributed by atoms with Crippen molar-refractivity contribution in [3.63, 3.8) is 0 Å². The van der Waals surface area contributed by atoms with Crippen molar-refractivity contribution in [3.05, 3.63) is 48.3 Å². The van der Waals surface area contributed by atoms with Crippen LogP contribution in [-0.2, 0) is 0 Å². The molecular formula is C18H25N3. The molecule has 0 radical (unpaired) electrons. The van der Waals surface area contributed by atoms with Gasteiger partial charge in [-0.05, 0) is 44.0 Å². The van der Waals surface area contributed by atoms with Crippen LogP contribution in [0.25, 0.3) is 5.69 Å². The van der Waals surface area contributed by atoms with Crippen molar-refractivity contribution < 1.29 is 0 Å². The van der Waals surface area contributed by atoms with E-state index in [1.807, 2.05) is 12.3 Å². The van der Waals surface area contributed by atoms with Crippen LogP contribution in [0.3, 0.4) is 0 Å². The average molecular weight is 283 g/mol. The van der Waals surface area contributed by atoms with Crippen molar-refractivity contribution in [2.24, 2.45) is 5.92 Å². The topological polar surface area (TPSA) is 29.9 Å². The fourth-order valence-electron chi connectivity index (χ4n) is 3.50. The van der Waals surface area contributed by atoms with E-state index in [2.05, 4.69) is 52.5 Å². The summed E-state index contributed by atoms with van der Waals surface area (Å²) in [6, 6.07) is 12.9. The number of benzene rings is 1. The molecule has 1 fully saturated rings. The van der Waals surface area contributed by atoms with Gasteiger partial charge >= 0.3 is 0 Å². The first kappa shape index (κ1) is 14.3. The van der Waals surface area contributed by atoms with Gasteiger partial charge < -0.3 is 5.32 Å². The Hall–Kier alpha value is -1.61. The summed E-state index contributed by atoms with van der Waals surface area (Å²) in [4.78, 5) is 0. The number of hydrogen-bond acceptors (Lipinski definition) is 2. The lowest BCUT2D eigenvalue weighted by Gasteiger charge is -2.20. The number of hydrogen-bond donors (Lipinski definition) is 1. The van der Waals surface area contributed by atoms with Gasteiger partial charge in [-0.25, -0.2) is 4.68 Å². The quantitative estimate of drug-likeness (QED) is 0.865. The zero-order valence-electron chi connectivity index (χ0n) is 12.8. The predicted octanol–water partition coefficient (Wildman–Crippen LogP) is 4.10. The van der Waals surface area contributed by atoms with E-state index in [0.717, 1.165) is 11.6 Å². The Labute approximate surface area is 127 Å². The zero-order chi connectivity index (χ0) is 14.5. The van der Waals surface area contributed by atoms with Crippen LogP contribution < -0.4 is 5.32 Å². The molecule has 0 amide bonds. The third-order valence-electron chi connectivity index (χ3n) is 4.72. The molecule has 0 saturated heterocycles. The number of rotatable bonds is 6. The summed E-state index contributed by atoms with van der Waals surface area (Å²) >= 11 is 0. The minimum atomic E-state index is 0.383. The van der Waals surface area contributed by atoms with Gasteiger partial charge in [0.25, 0.3) is 0 Å². The molecule has 0 aliphatic heterocycles. The van der Waals surface area contributed by atoms with Gasteiger partial charge in [0, 0.05) is 12.2 Å². The molecule has 3 heteroatoms. The van der Waals surface area contributed by atoms with Crippen LogP contribution in [-0.4, -0.2) is 16.8 Å². The minimum Gasteiger partial charge on any atom is -0.312 e. The minimum absolute atomic E-state index is 0.383. The van der Waals surface area contributed by atoms with E-state index in [-0.39, 0.29) is 0 Å². The smallest absolute Gasteiger partial charge is 0.0649 e. The fourth-order valence-corrected chi connectivity index (χ4v) is 3.50. The Morgan fingerprint density at radius 1 is 1.19 bits per heavy atom. The molecule has 1 unspecified atom stereocenters. The molecule has 21 heavy (non-hydrogen) atoms. The van der Waals surface area contributed by atoms with Crippen LogP contribution in [0, 0.1) is 5.92 Å². The summed E-state index contributed by atoms with van der Waals surface area (Å²) < 4.78 is 2.07. The van der Waals surface area contributed by atoms with Crippen molar-refractivity contribution in [1.82, 2.24) is 15.1 Å². The molecule has 112 valence electrons. The normalized spacial score (nSPS) is 17.2. The second-order valence-electron chi connectivity index (χ2n) is 6.07. The van der Waals surface area contributed by atoms with E-state index in [1.165, 1.54) is 44.2 Å². The van der Waals surface area contributed by atoms with Crippen LogP contribution in [0.2, 0.25) is 0 Å². The molecule has 2 aromatic rings. The van der Waals surface area contributed by atoms with E-state index in [9.17, 15) is 0 Å². The second-order valence-corrected chi connectivity index (χ2v) is 6.07. The largest absolute Gasteiger partial charge is 0.312 e. The van der Waals surface area contributed by atoms with Crippen LogP contribution in [0.4, 0.5) is 0 Å². The highest BCUT2D eigenvalue weighted by Crippen LogP contribution is 2.31. The van der Waals surface area contributed by atoms with Gasteiger partial charge in [-0.15, -0.1) is 0 Å². The van der Waals surface area contributed by atoms with Crippen molar-refractivity contribution in [2.45, 2.75) is 44.6 Å². The highest BCUT2D eigenvalue weighted by molar-refractivity contribution is 5.33. The van der Waals surface area contributed by atoms with Gasteiger partial charge in [0.15, 0.2) is 0 Å². The van der Waals surface area contributed by atoms with Crippen LogP contribution >= 0.6 is 0 Å². The molecule has 1 atom stereocenters. The number of nitrogens with zero attached hydrogens (tertiary/aromatic N) is 2. The monoisotopic (exact) mass is 283 g/mol. The molecule has 1 aromatic carbocycles. The summed E-state index contributed by atoms with van der Waals surface area (Å²) in [5.41, 5.74) is 2.40. The first-order valence-electron chi connectivity index (χ1n) is 8.15. The summed E-state index contributed by atoms with van der Waals surface area (Å²) in [6.07, 6.45) is 10.1. The molecular weight excluding hydrogens is 258 g/mol. The molecule has 1 aliphatic carbocycles. The van der Waals surface area contributed by atoms with Crippen LogP contribution in [0.1, 0.15) is 50.3 Å². The molecule has 1 aliphatic rings. The lowest BCUT2D eigenvalue weighted by atomic mass is 9.97. The van der Waals surface area contributed by atoms with Crippen molar-refractivity contribution in [2.75, 3.05) is 7.05 Å². The lowest BCUT2D eigenvalue weighted by molar-refractivity contribution is 0.418. The Morgan fingerprint density at radius 3 is 2.67 bits per heavy atom. The standard InChI is InChI=1S/C18H25N3/c1-19-17(12-11-15-7-5-6-8-15)18-13-14-20-21(18)16-9-3-2-4-10-16/h2-4,9-10,13-15,17,19H,5-8,11-12H2,1H3. The lowest BCUT2D eigenvalue weighted by Crippen LogP contribution is -2.20. The Balaban J connectivity index is 1.73. The Kier molecular flexibility index (Phi) is 4.71. The van der Waals surface area contributed by atoms with Gasteiger partial charge in [0.1, 0.15) is 0 Å². The average Bonchev–Trinajstić information content (AvgIpc) is 3.20. The first-order chi connectivity index (χ1) is 10.4. The maximum absolute atomic E-state index is 4.51. The molecule has 1 N–H and O–H groups in total. The fraction of sp³-hybridized carbons (Fsp3) is 0.500. The predicted molar refractivity (Wildman–Crippen MR) is 86.6 cm³/mol. The van der Waals surface area contributed by atoms with Crippen LogP contribution in [0.5, 0.6) is 0 Å². The van der Waals surface area contributed by atoms with Gasteiger partial charge in [-0.3, -0.25) is 0 Å². The third kappa shape index (κ3) is 3.35. The maximum Gasteiger partial charge on any atom is 0.0649 e.